The SMILES string of the molecule is O=C1CCCCC[C@H]1Sc1c(-c2ccccc2)nc2sccn12. The van der Waals surface area contributed by atoms with Gasteiger partial charge in [-0.2, -0.15) is 0 Å². The molecule has 3 nitrogen and oxygen atoms in total. The molecule has 0 spiro atoms. The molecule has 0 unspecified atom stereocenters. The molecule has 0 radical (unpaired) electrons. The third-order valence-electron chi connectivity index (χ3n) is 4.27. The molecule has 3 aromatic rings. The molecular weight excluding hydrogens is 324 g/mol. The number of aromatic nitrogens is 2. The van der Waals surface area contributed by atoms with Crippen molar-refractivity contribution in [1.82, 2.24) is 9.38 Å². The summed E-state index contributed by atoms with van der Waals surface area (Å²) in [6.07, 6.45) is 7.13. The largest absolute Gasteiger partial charge is 0.298 e. The molecule has 0 amide bonds. The first-order valence-corrected chi connectivity index (χ1v) is 9.79. The lowest BCUT2D eigenvalue weighted by atomic mass is 10.2. The van der Waals surface area contributed by atoms with Crippen molar-refractivity contribution in [3.05, 3.63) is 41.9 Å². The highest BCUT2D eigenvalue weighted by atomic mass is 32.2. The van der Waals surface area contributed by atoms with Crippen molar-refractivity contribution in [2.45, 2.75) is 42.4 Å². The second-order valence-corrected chi connectivity index (χ2v) is 7.92. The number of nitrogens with zero attached hydrogens (tertiary/aromatic N) is 2. The lowest BCUT2D eigenvalue weighted by Crippen LogP contribution is -2.15. The molecule has 5 heteroatoms. The fraction of sp³-hybridized carbons (Fsp3) is 0.333. The van der Waals surface area contributed by atoms with E-state index in [-0.39, 0.29) is 5.25 Å². The van der Waals surface area contributed by atoms with Gasteiger partial charge in [-0.1, -0.05) is 54.9 Å². The third-order valence-corrected chi connectivity index (χ3v) is 6.42. The summed E-state index contributed by atoms with van der Waals surface area (Å²) in [5, 5.41) is 3.23. The first kappa shape index (κ1) is 15.0. The molecular formula is C18H18N2OS2. The average molecular weight is 342 g/mol. The van der Waals surface area contributed by atoms with Gasteiger partial charge in [-0.05, 0) is 12.8 Å². The molecule has 4 rings (SSSR count). The molecule has 1 aromatic carbocycles. The van der Waals surface area contributed by atoms with E-state index in [4.69, 9.17) is 4.98 Å². The second-order valence-electron chi connectivity index (χ2n) is 5.86. The van der Waals surface area contributed by atoms with Crippen molar-refractivity contribution in [2.75, 3.05) is 0 Å². The van der Waals surface area contributed by atoms with Crippen LogP contribution in [0.15, 0.2) is 46.9 Å². The summed E-state index contributed by atoms with van der Waals surface area (Å²) in [5.74, 6) is 0.400. The lowest BCUT2D eigenvalue weighted by molar-refractivity contribution is -0.118. The Kier molecular flexibility index (Phi) is 4.23. The molecule has 0 aliphatic heterocycles. The fourth-order valence-electron chi connectivity index (χ4n) is 3.05. The van der Waals surface area contributed by atoms with Crippen LogP contribution in [0.3, 0.4) is 0 Å². The molecule has 2 heterocycles. The van der Waals surface area contributed by atoms with Gasteiger partial charge in [0, 0.05) is 23.6 Å². The van der Waals surface area contributed by atoms with Gasteiger partial charge in [-0.15, -0.1) is 11.3 Å². The summed E-state index contributed by atoms with van der Waals surface area (Å²) < 4.78 is 2.13. The highest BCUT2D eigenvalue weighted by Crippen LogP contribution is 2.38. The average Bonchev–Trinajstić information content (AvgIpc) is 3.10. The standard InChI is InChI=1S/C18H18N2OS2/c21-14-9-5-2-6-10-15(14)23-17-16(13-7-3-1-4-8-13)19-18-20(17)11-12-22-18/h1,3-4,7-8,11-12,15H,2,5-6,9-10H2/t15-/m1/s1. The lowest BCUT2D eigenvalue weighted by Gasteiger charge is -2.13. The zero-order chi connectivity index (χ0) is 15.6. The van der Waals surface area contributed by atoms with Crippen LogP contribution in [-0.2, 0) is 4.79 Å². The second kappa shape index (κ2) is 6.49. The summed E-state index contributed by atoms with van der Waals surface area (Å²) in [6.45, 7) is 0. The minimum Gasteiger partial charge on any atom is -0.298 e. The predicted octanol–water partition coefficient (Wildman–Crippen LogP) is 5.06. The number of benzene rings is 1. The van der Waals surface area contributed by atoms with Gasteiger partial charge < -0.3 is 0 Å². The Bertz CT molecular complexity index is 822. The van der Waals surface area contributed by atoms with Gasteiger partial charge in [0.1, 0.15) is 16.5 Å². The van der Waals surface area contributed by atoms with E-state index in [0.29, 0.717) is 5.78 Å². The van der Waals surface area contributed by atoms with Crippen LogP contribution in [0, 0.1) is 0 Å². The molecule has 2 aromatic heterocycles. The van der Waals surface area contributed by atoms with Gasteiger partial charge in [0.25, 0.3) is 0 Å². The van der Waals surface area contributed by atoms with E-state index in [1.54, 1.807) is 23.1 Å². The summed E-state index contributed by atoms with van der Waals surface area (Å²) in [7, 11) is 0. The zero-order valence-electron chi connectivity index (χ0n) is 12.8. The first-order valence-electron chi connectivity index (χ1n) is 8.03. The van der Waals surface area contributed by atoms with Crippen LogP contribution < -0.4 is 0 Å². The predicted molar refractivity (Wildman–Crippen MR) is 96.2 cm³/mol. The highest BCUT2D eigenvalue weighted by molar-refractivity contribution is 8.00. The fourth-order valence-corrected chi connectivity index (χ4v) is 5.16. The van der Waals surface area contributed by atoms with Crippen molar-refractivity contribution >= 4 is 33.8 Å². The Balaban J connectivity index is 1.75. The molecule has 118 valence electrons. The normalized spacial score (nSPS) is 19.1. The number of imidazole rings is 1. The van der Waals surface area contributed by atoms with Crippen molar-refractivity contribution in [3.8, 4) is 11.3 Å². The Hall–Kier alpha value is -1.59. The Labute approximate surface area is 143 Å². The molecule has 0 N–H and O–H groups in total. The van der Waals surface area contributed by atoms with Crippen molar-refractivity contribution < 1.29 is 4.79 Å². The Morgan fingerprint density at radius 2 is 2.04 bits per heavy atom. The quantitative estimate of drug-likeness (QED) is 0.624. The van der Waals surface area contributed by atoms with Gasteiger partial charge in [-0.3, -0.25) is 9.20 Å². The van der Waals surface area contributed by atoms with Crippen LogP contribution in [0.2, 0.25) is 0 Å². The Morgan fingerprint density at radius 1 is 1.17 bits per heavy atom. The van der Waals surface area contributed by atoms with Crippen LogP contribution in [0.4, 0.5) is 0 Å². The van der Waals surface area contributed by atoms with Gasteiger partial charge in [0.05, 0.1) is 5.25 Å². The van der Waals surface area contributed by atoms with Gasteiger partial charge in [0.2, 0.25) is 0 Å². The molecule has 0 saturated heterocycles. The number of thioether (sulfide) groups is 1. The number of rotatable bonds is 3. The summed E-state index contributed by atoms with van der Waals surface area (Å²) >= 11 is 3.34. The number of hydrogen-bond donors (Lipinski definition) is 0. The molecule has 0 bridgehead atoms. The maximum atomic E-state index is 12.4. The van der Waals surface area contributed by atoms with Crippen LogP contribution in [0.5, 0.6) is 0 Å². The Morgan fingerprint density at radius 3 is 2.91 bits per heavy atom. The number of fused-ring (bicyclic) bond motifs is 1. The van der Waals surface area contributed by atoms with E-state index in [1.807, 2.05) is 18.2 Å². The first-order chi connectivity index (χ1) is 11.3. The monoisotopic (exact) mass is 342 g/mol. The molecule has 1 aliphatic carbocycles. The molecule has 23 heavy (non-hydrogen) atoms. The molecule has 1 saturated carbocycles. The summed E-state index contributed by atoms with van der Waals surface area (Å²) in [4.78, 5) is 18.2. The number of carbonyl (C=O) groups is 1. The molecule has 1 aliphatic rings. The maximum absolute atomic E-state index is 12.4. The number of Topliss-reactive ketones (excluding diaryl/α,β-unsaturated/α-hetero) is 1. The van der Waals surface area contributed by atoms with E-state index in [2.05, 4.69) is 28.1 Å². The molecule has 1 atom stereocenters. The highest BCUT2D eigenvalue weighted by Gasteiger charge is 2.25. The zero-order valence-corrected chi connectivity index (χ0v) is 14.4. The van der Waals surface area contributed by atoms with E-state index in [9.17, 15) is 4.79 Å². The molecule has 1 fully saturated rings. The van der Waals surface area contributed by atoms with Crippen LogP contribution in [0.1, 0.15) is 32.1 Å². The maximum Gasteiger partial charge on any atom is 0.195 e. The number of ketones is 1. The van der Waals surface area contributed by atoms with Crippen LogP contribution in [0.25, 0.3) is 16.2 Å². The number of hydrogen-bond acceptors (Lipinski definition) is 4. The van der Waals surface area contributed by atoms with Crippen LogP contribution in [-0.4, -0.2) is 20.4 Å². The topological polar surface area (TPSA) is 34.4 Å². The van der Waals surface area contributed by atoms with Gasteiger partial charge in [-0.25, -0.2) is 4.98 Å². The van der Waals surface area contributed by atoms with Gasteiger partial charge in [0.15, 0.2) is 4.96 Å². The van der Waals surface area contributed by atoms with Crippen molar-refractivity contribution in [1.29, 1.82) is 0 Å². The van der Waals surface area contributed by atoms with E-state index in [0.717, 1.165) is 46.9 Å². The van der Waals surface area contributed by atoms with Crippen LogP contribution >= 0.6 is 23.1 Å². The van der Waals surface area contributed by atoms with Crippen molar-refractivity contribution in [2.24, 2.45) is 0 Å². The number of carbonyl (C=O) groups excluding carboxylic acids is 1. The summed E-state index contributed by atoms with van der Waals surface area (Å²) in [6, 6.07) is 10.3. The third kappa shape index (κ3) is 2.95. The minimum atomic E-state index is 0.0692. The van der Waals surface area contributed by atoms with Gasteiger partial charge >= 0.3 is 0 Å². The van der Waals surface area contributed by atoms with E-state index >= 15 is 0 Å². The minimum absolute atomic E-state index is 0.0692. The summed E-state index contributed by atoms with van der Waals surface area (Å²) in [5.41, 5.74) is 2.12. The number of thiazole rings is 1. The van der Waals surface area contributed by atoms with Crippen molar-refractivity contribution in [3.63, 3.8) is 0 Å². The van der Waals surface area contributed by atoms with E-state index < -0.39 is 0 Å². The smallest absolute Gasteiger partial charge is 0.195 e. The van der Waals surface area contributed by atoms with E-state index in [1.165, 1.54) is 6.42 Å².